The zero-order valence-electron chi connectivity index (χ0n) is 11.8. The van der Waals surface area contributed by atoms with Crippen LogP contribution in [0, 0.1) is 0 Å². The normalized spacial score (nSPS) is 11.2. The molecule has 0 aliphatic heterocycles. The standard InChI is InChI=1S/C12H26O4S.K/c1-2-3-4-5-6-7-8-9-10-11-12-16-17(13,14)15;/h2-12H2,1H3,(H,13,14,15);/q;+1/p-1. The molecule has 0 saturated carbocycles. The molecule has 0 radical (unpaired) electrons. The van der Waals surface area contributed by atoms with Gasteiger partial charge in [0.15, 0.2) is 0 Å². The SMILES string of the molecule is CCCCCCCCCCCCOS(=O)(=O)[O-].[K+]. The first-order valence-corrected chi connectivity index (χ1v) is 8.00. The van der Waals surface area contributed by atoms with Crippen LogP contribution in [0.2, 0.25) is 0 Å². The molecule has 0 fully saturated rings. The van der Waals surface area contributed by atoms with Gasteiger partial charge in [0.2, 0.25) is 10.4 Å². The Bertz CT molecular complexity index is 255. The van der Waals surface area contributed by atoms with Crippen molar-refractivity contribution in [2.75, 3.05) is 6.61 Å². The van der Waals surface area contributed by atoms with E-state index in [1.165, 1.54) is 44.9 Å². The third-order valence-electron chi connectivity index (χ3n) is 2.73. The van der Waals surface area contributed by atoms with Gasteiger partial charge in [-0.2, -0.15) is 0 Å². The van der Waals surface area contributed by atoms with E-state index in [1.54, 1.807) is 0 Å². The van der Waals surface area contributed by atoms with Crippen LogP contribution in [0.5, 0.6) is 0 Å². The molecule has 0 atom stereocenters. The Morgan fingerprint density at radius 1 is 0.833 bits per heavy atom. The van der Waals surface area contributed by atoms with E-state index in [-0.39, 0.29) is 58.0 Å². The number of hydrogen-bond donors (Lipinski definition) is 0. The molecule has 18 heavy (non-hydrogen) atoms. The molecule has 0 rings (SSSR count). The Morgan fingerprint density at radius 3 is 1.61 bits per heavy atom. The van der Waals surface area contributed by atoms with Crippen LogP contribution >= 0.6 is 0 Å². The van der Waals surface area contributed by atoms with Crippen LogP contribution in [0.3, 0.4) is 0 Å². The van der Waals surface area contributed by atoms with Gasteiger partial charge in [-0.05, 0) is 6.42 Å². The van der Waals surface area contributed by atoms with Gasteiger partial charge in [0.25, 0.3) is 0 Å². The van der Waals surface area contributed by atoms with Crippen molar-refractivity contribution < 1.29 is 68.5 Å². The average Bonchev–Trinajstić information content (AvgIpc) is 2.24. The van der Waals surface area contributed by atoms with Crippen molar-refractivity contribution >= 4 is 10.4 Å². The molecule has 0 saturated heterocycles. The van der Waals surface area contributed by atoms with Crippen molar-refractivity contribution in [1.82, 2.24) is 0 Å². The summed E-state index contributed by atoms with van der Waals surface area (Å²) in [5, 5.41) is 0. The fraction of sp³-hybridized carbons (Fsp3) is 1.00. The van der Waals surface area contributed by atoms with Gasteiger partial charge in [-0.25, -0.2) is 8.42 Å². The summed E-state index contributed by atoms with van der Waals surface area (Å²) in [5.74, 6) is 0. The van der Waals surface area contributed by atoms with E-state index < -0.39 is 10.4 Å². The van der Waals surface area contributed by atoms with E-state index >= 15 is 0 Å². The number of rotatable bonds is 12. The smallest absolute Gasteiger partial charge is 0.726 e. The van der Waals surface area contributed by atoms with Crippen molar-refractivity contribution in [2.24, 2.45) is 0 Å². The third-order valence-corrected chi connectivity index (χ3v) is 3.18. The fourth-order valence-corrected chi connectivity index (χ4v) is 2.07. The van der Waals surface area contributed by atoms with Gasteiger partial charge < -0.3 is 4.55 Å². The van der Waals surface area contributed by atoms with Crippen molar-refractivity contribution in [1.29, 1.82) is 0 Å². The van der Waals surface area contributed by atoms with Crippen LogP contribution in [0.1, 0.15) is 71.1 Å². The summed E-state index contributed by atoms with van der Waals surface area (Å²) in [7, 11) is -4.48. The minimum Gasteiger partial charge on any atom is -0.726 e. The molecule has 0 spiro atoms. The van der Waals surface area contributed by atoms with E-state index in [4.69, 9.17) is 0 Å². The molecule has 0 heterocycles. The predicted octanol–water partition coefficient (Wildman–Crippen LogP) is 0.388. The summed E-state index contributed by atoms with van der Waals surface area (Å²) in [4.78, 5) is 0. The van der Waals surface area contributed by atoms with Gasteiger partial charge in [-0.1, -0.05) is 64.7 Å². The first-order chi connectivity index (χ1) is 8.06. The van der Waals surface area contributed by atoms with Crippen LogP contribution in [0.15, 0.2) is 0 Å². The molecule has 0 unspecified atom stereocenters. The molecular formula is C12H25KO4S. The summed E-state index contributed by atoms with van der Waals surface area (Å²) in [6.45, 7) is 2.24. The molecule has 0 aliphatic rings. The monoisotopic (exact) mass is 304 g/mol. The van der Waals surface area contributed by atoms with E-state index in [9.17, 15) is 13.0 Å². The second kappa shape index (κ2) is 14.9. The zero-order valence-corrected chi connectivity index (χ0v) is 15.8. The Balaban J connectivity index is 0. The van der Waals surface area contributed by atoms with Gasteiger partial charge in [-0.15, -0.1) is 0 Å². The van der Waals surface area contributed by atoms with Crippen LogP contribution in [-0.2, 0) is 14.6 Å². The third kappa shape index (κ3) is 19.8. The summed E-state index contributed by atoms with van der Waals surface area (Å²) >= 11 is 0. The Kier molecular flexibility index (Phi) is 18.1. The Labute approximate surface area is 155 Å². The van der Waals surface area contributed by atoms with Gasteiger partial charge >= 0.3 is 51.4 Å². The minimum absolute atomic E-state index is 0. The molecule has 0 aromatic rings. The Hall–Kier alpha value is 1.51. The summed E-state index contributed by atoms with van der Waals surface area (Å²) in [5.41, 5.74) is 0. The first kappa shape index (κ1) is 21.8. The fourth-order valence-electron chi connectivity index (χ4n) is 1.75. The van der Waals surface area contributed by atoms with Crippen LogP contribution in [-0.4, -0.2) is 19.6 Å². The van der Waals surface area contributed by atoms with Crippen LogP contribution < -0.4 is 51.4 Å². The molecule has 0 aliphatic carbocycles. The van der Waals surface area contributed by atoms with E-state index in [0.717, 1.165) is 12.8 Å². The largest absolute Gasteiger partial charge is 1.00 e. The minimum atomic E-state index is -4.48. The van der Waals surface area contributed by atoms with Crippen molar-refractivity contribution in [3.05, 3.63) is 0 Å². The van der Waals surface area contributed by atoms with E-state index in [2.05, 4.69) is 11.1 Å². The molecule has 104 valence electrons. The first-order valence-electron chi connectivity index (χ1n) is 6.66. The van der Waals surface area contributed by atoms with E-state index in [0.29, 0.717) is 6.42 Å². The second-order valence-corrected chi connectivity index (χ2v) is 5.46. The molecule has 0 N–H and O–H groups in total. The molecule has 6 heteroatoms. The maximum absolute atomic E-state index is 10.1. The van der Waals surface area contributed by atoms with Gasteiger partial charge in [0, 0.05) is 0 Å². The van der Waals surface area contributed by atoms with Gasteiger partial charge in [0.05, 0.1) is 6.61 Å². The molecule has 0 aromatic carbocycles. The topological polar surface area (TPSA) is 66.4 Å². The quantitative estimate of drug-likeness (QED) is 0.226. The second-order valence-electron chi connectivity index (χ2n) is 4.41. The van der Waals surface area contributed by atoms with Gasteiger partial charge in [-0.3, -0.25) is 4.18 Å². The molecule has 0 bridgehead atoms. The average molecular weight is 304 g/mol. The molecular weight excluding hydrogens is 279 g/mol. The van der Waals surface area contributed by atoms with Crippen LogP contribution in [0.25, 0.3) is 0 Å². The maximum atomic E-state index is 10.1. The molecule has 4 nitrogen and oxygen atoms in total. The summed E-state index contributed by atoms with van der Waals surface area (Å²) in [6, 6.07) is 0. The Morgan fingerprint density at radius 2 is 1.22 bits per heavy atom. The number of hydrogen-bond acceptors (Lipinski definition) is 4. The van der Waals surface area contributed by atoms with Gasteiger partial charge in [0.1, 0.15) is 0 Å². The van der Waals surface area contributed by atoms with E-state index in [1.807, 2.05) is 0 Å². The molecule has 0 aromatic heterocycles. The zero-order chi connectivity index (χ0) is 13.0. The maximum Gasteiger partial charge on any atom is 1.00 e. The summed E-state index contributed by atoms with van der Waals surface area (Å²) < 4.78 is 34.5. The van der Waals surface area contributed by atoms with Crippen molar-refractivity contribution in [3.8, 4) is 0 Å². The number of unbranched alkanes of at least 4 members (excludes halogenated alkanes) is 9. The van der Waals surface area contributed by atoms with Crippen molar-refractivity contribution in [2.45, 2.75) is 71.1 Å². The van der Waals surface area contributed by atoms with Crippen molar-refractivity contribution in [3.63, 3.8) is 0 Å². The summed E-state index contributed by atoms with van der Waals surface area (Å²) in [6.07, 6.45) is 11.7. The predicted molar refractivity (Wildman–Crippen MR) is 67.5 cm³/mol. The molecule has 0 amide bonds. The van der Waals surface area contributed by atoms with Crippen LogP contribution in [0.4, 0.5) is 0 Å².